The molecule has 1 spiro atoms. The van der Waals surface area contributed by atoms with E-state index in [4.69, 9.17) is 4.74 Å². The van der Waals surface area contributed by atoms with Crippen LogP contribution in [0.25, 0.3) is 0 Å². The molecular weight excluding hydrogens is 402 g/mol. The Kier molecular flexibility index (Phi) is 8.63. The van der Waals surface area contributed by atoms with Crippen molar-refractivity contribution in [1.29, 1.82) is 0 Å². The van der Waals surface area contributed by atoms with Gasteiger partial charge in [0.25, 0.3) is 0 Å². The molecule has 2 nitrogen and oxygen atoms in total. The third-order valence-corrected chi connectivity index (χ3v) is 8.99. The molecule has 0 bridgehead atoms. The zero-order chi connectivity index (χ0) is 24.4. The molecule has 0 saturated heterocycles. The van der Waals surface area contributed by atoms with Gasteiger partial charge in [-0.2, -0.15) is 0 Å². The molecule has 2 fully saturated rings. The minimum atomic E-state index is 0.255. The van der Waals surface area contributed by atoms with Crippen molar-refractivity contribution in [1.82, 2.24) is 4.90 Å². The Morgan fingerprint density at radius 3 is 2.30 bits per heavy atom. The van der Waals surface area contributed by atoms with E-state index in [0.717, 1.165) is 11.8 Å². The van der Waals surface area contributed by atoms with Gasteiger partial charge in [0, 0.05) is 23.6 Å². The largest absolute Gasteiger partial charge is 0.489 e. The van der Waals surface area contributed by atoms with Crippen molar-refractivity contribution in [3.05, 3.63) is 29.3 Å². The third-order valence-electron chi connectivity index (χ3n) is 8.99. The lowest BCUT2D eigenvalue weighted by atomic mass is 9.57. The van der Waals surface area contributed by atoms with Crippen LogP contribution in [0.1, 0.15) is 112 Å². The number of benzene rings is 1. The van der Waals surface area contributed by atoms with Crippen LogP contribution in [0.5, 0.6) is 5.75 Å². The van der Waals surface area contributed by atoms with Crippen LogP contribution in [0.15, 0.2) is 18.2 Å². The van der Waals surface area contributed by atoms with Crippen molar-refractivity contribution < 1.29 is 4.74 Å². The fourth-order valence-electron chi connectivity index (χ4n) is 6.24. The standard InChI is InChI=1S/C23H33NO.C6H14.C2H6/c1-15-7-8-16(2)23-11-12-24(14-18-9-10-18)17(3)13-19-5-4-6-20(21(19)23)25-22(15)23;1-5-6(2,3)4;1-2/h4-6,15-18,22H,7-14H2,1-3H3;5H2,1-4H3;1-2H3/t15?,16?,17?,22-,23-;;/m0../s1. The maximum absolute atomic E-state index is 6.67. The maximum atomic E-state index is 6.67. The first-order valence-corrected chi connectivity index (χ1v) is 14.2. The minimum Gasteiger partial charge on any atom is -0.489 e. The quantitative estimate of drug-likeness (QED) is 0.445. The van der Waals surface area contributed by atoms with E-state index in [0.29, 0.717) is 23.5 Å². The van der Waals surface area contributed by atoms with E-state index in [1.54, 1.807) is 11.1 Å². The van der Waals surface area contributed by atoms with Crippen LogP contribution in [0, 0.1) is 23.2 Å². The average Bonchev–Trinajstić information content (AvgIpc) is 3.53. The molecule has 2 aliphatic heterocycles. The molecule has 4 aliphatic rings. The van der Waals surface area contributed by atoms with E-state index in [-0.39, 0.29) is 5.41 Å². The van der Waals surface area contributed by atoms with Crippen LogP contribution in [0.3, 0.4) is 0 Å². The topological polar surface area (TPSA) is 12.5 Å². The Morgan fingerprint density at radius 1 is 1.03 bits per heavy atom. The number of hydrogen-bond donors (Lipinski definition) is 0. The monoisotopic (exact) mass is 455 g/mol. The van der Waals surface area contributed by atoms with Crippen LogP contribution in [-0.2, 0) is 11.8 Å². The average molecular weight is 456 g/mol. The molecule has 5 atom stereocenters. The van der Waals surface area contributed by atoms with E-state index in [1.165, 1.54) is 63.8 Å². The Balaban J connectivity index is 0.000000336. The second-order valence-electron chi connectivity index (χ2n) is 12.5. The highest BCUT2D eigenvalue weighted by atomic mass is 16.5. The summed E-state index contributed by atoms with van der Waals surface area (Å²) >= 11 is 0. The van der Waals surface area contributed by atoms with Gasteiger partial charge in [0.15, 0.2) is 0 Å². The molecule has 0 N–H and O–H groups in total. The fraction of sp³-hybridized carbons (Fsp3) is 0.806. The van der Waals surface area contributed by atoms with Gasteiger partial charge in [-0.05, 0) is 86.8 Å². The summed E-state index contributed by atoms with van der Waals surface area (Å²) in [6, 6.07) is 7.52. The zero-order valence-corrected chi connectivity index (χ0v) is 23.3. The molecule has 1 aromatic rings. The van der Waals surface area contributed by atoms with Gasteiger partial charge in [0.05, 0.1) is 0 Å². The number of hydrogen-bond acceptors (Lipinski definition) is 2. The molecule has 2 saturated carbocycles. The van der Waals surface area contributed by atoms with E-state index in [9.17, 15) is 0 Å². The van der Waals surface area contributed by atoms with Crippen LogP contribution in [-0.4, -0.2) is 30.1 Å². The molecule has 0 aromatic heterocycles. The van der Waals surface area contributed by atoms with Gasteiger partial charge < -0.3 is 9.64 Å². The van der Waals surface area contributed by atoms with Crippen LogP contribution >= 0.6 is 0 Å². The molecule has 5 rings (SSSR count). The van der Waals surface area contributed by atoms with Crippen molar-refractivity contribution in [3.63, 3.8) is 0 Å². The molecule has 2 aliphatic carbocycles. The lowest BCUT2D eigenvalue weighted by Gasteiger charge is -2.49. The number of ether oxygens (including phenoxy) is 1. The molecule has 1 aromatic carbocycles. The van der Waals surface area contributed by atoms with Gasteiger partial charge in [-0.1, -0.05) is 73.9 Å². The summed E-state index contributed by atoms with van der Waals surface area (Å²) in [5, 5.41) is 0. The third kappa shape index (κ3) is 5.63. The molecule has 0 amide bonds. The second-order valence-corrected chi connectivity index (χ2v) is 12.5. The lowest BCUT2D eigenvalue weighted by molar-refractivity contribution is 0.00268. The Labute approximate surface area is 205 Å². The second kappa shape index (κ2) is 10.7. The number of nitrogens with zero attached hydrogens (tertiary/aromatic N) is 1. The maximum Gasteiger partial charge on any atom is 0.123 e. The summed E-state index contributed by atoms with van der Waals surface area (Å²) in [4.78, 5) is 2.81. The summed E-state index contributed by atoms with van der Waals surface area (Å²) in [6.45, 7) is 22.9. The van der Waals surface area contributed by atoms with Gasteiger partial charge in [0.2, 0.25) is 0 Å². The number of rotatable bonds is 2. The Bertz CT molecular complexity index is 761. The predicted octanol–water partition coefficient (Wildman–Crippen LogP) is 8.27. The molecule has 2 heterocycles. The van der Waals surface area contributed by atoms with Crippen molar-refractivity contribution >= 4 is 0 Å². The fourth-order valence-corrected chi connectivity index (χ4v) is 6.24. The summed E-state index contributed by atoms with van der Waals surface area (Å²) in [5.74, 6) is 3.59. The molecule has 2 heteroatoms. The molecule has 33 heavy (non-hydrogen) atoms. The van der Waals surface area contributed by atoms with Crippen molar-refractivity contribution in [2.45, 2.75) is 125 Å². The minimum absolute atomic E-state index is 0.255. The van der Waals surface area contributed by atoms with Gasteiger partial charge in [-0.25, -0.2) is 0 Å². The van der Waals surface area contributed by atoms with Gasteiger partial charge >= 0.3 is 0 Å². The molecule has 3 unspecified atom stereocenters. The van der Waals surface area contributed by atoms with E-state index in [1.807, 2.05) is 13.8 Å². The first-order chi connectivity index (χ1) is 15.7. The smallest absolute Gasteiger partial charge is 0.123 e. The Morgan fingerprint density at radius 2 is 1.70 bits per heavy atom. The van der Waals surface area contributed by atoms with Gasteiger partial charge in [0.1, 0.15) is 11.9 Å². The highest BCUT2D eigenvalue weighted by Gasteiger charge is 2.57. The van der Waals surface area contributed by atoms with E-state index >= 15 is 0 Å². The highest BCUT2D eigenvalue weighted by Crippen LogP contribution is 2.58. The van der Waals surface area contributed by atoms with E-state index < -0.39 is 0 Å². The highest BCUT2D eigenvalue weighted by molar-refractivity contribution is 5.52. The van der Waals surface area contributed by atoms with Crippen LogP contribution in [0.4, 0.5) is 0 Å². The SMILES string of the molecule is CC.CC1CCC(C)[C@@]23CCN(CC4CC4)C(C)Cc4cccc(c42)O[C@@H]13.CCC(C)(C)C. The first-order valence-electron chi connectivity index (χ1n) is 14.2. The molecular formula is C31H53NO. The summed E-state index contributed by atoms with van der Waals surface area (Å²) in [7, 11) is 0. The predicted molar refractivity (Wildman–Crippen MR) is 143 cm³/mol. The first kappa shape index (κ1) is 26.6. The molecule has 188 valence electrons. The van der Waals surface area contributed by atoms with Crippen LogP contribution < -0.4 is 4.74 Å². The van der Waals surface area contributed by atoms with Gasteiger partial charge in [-0.3, -0.25) is 0 Å². The normalized spacial score (nSPS) is 33.1. The molecule has 0 radical (unpaired) electrons. The van der Waals surface area contributed by atoms with Crippen molar-refractivity contribution in [3.8, 4) is 5.75 Å². The van der Waals surface area contributed by atoms with E-state index in [2.05, 4.69) is 71.6 Å². The zero-order valence-electron chi connectivity index (χ0n) is 23.3. The summed E-state index contributed by atoms with van der Waals surface area (Å²) in [6.07, 6.45) is 9.71. The van der Waals surface area contributed by atoms with Crippen molar-refractivity contribution in [2.24, 2.45) is 23.2 Å². The lowest BCUT2D eigenvalue weighted by Crippen LogP contribution is -2.54. The summed E-state index contributed by atoms with van der Waals surface area (Å²) < 4.78 is 6.67. The van der Waals surface area contributed by atoms with Crippen molar-refractivity contribution in [2.75, 3.05) is 13.1 Å². The Hall–Kier alpha value is -1.02. The van der Waals surface area contributed by atoms with Gasteiger partial charge in [-0.15, -0.1) is 0 Å². The summed E-state index contributed by atoms with van der Waals surface area (Å²) in [5.41, 5.74) is 3.98. The van der Waals surface area contributed by atoms with Crippen LogP contribution in [0.2, 0.25) is 0 Å².